The molecule has 216 valence electrons. The number of hydrogen-bond donors (Lipinski definition) is 3. The van der Waals surface area contributed by atoms with Crippen LogP contribution in [0.4, 0.5) is 9.59 Å². The molecule has 3 N–H and O–H groups in total. The number of aromatic nitrogens is 2. The minimum Gasteiger partial charge on any atom is -0.439 e. The lowest BCUT2D eigenvalue weighted by atomic mass is 10.1. The van der Waals surface area contributed by atoms with Crippen molar-refractivity contribution in [3.63, 3.8) is 0 Å². The van der Waals surface area contributed by atoms with Gasteiger partial charge < -0.3 is 24.8 Å². The Morgan fingerprint density at radius 3 is 1.87 bits per heavy atom. The second kappa shape index (κ2) is 17.6. The van der Waals surface area contributed by atoms with E-state index >= 15 is 0 Å². The van der Waals surface area contributed by atoms with Crippen LogP contribution in [-0.4, -0.2) is 53.1 Å². The average Bonchev–Trinajstić information content (AvgIpc) is 3.17. The number of unbranched alkanes of at least 4 members (excludes halogenated alkanes) is 10. The van der Waals surface area contributed by atoms with Gasteiger partial charge in [-0.2, -0.15) is 0 Å². The summed E-state index contributed by atoms with van der Waals surface area (Å²) in [6.07, 6.45) is 9.17. The summed E-state index contributed by atoms with van der Waals surface area (Å²) in [5.74, 6) is 0. The predicted molar refractivity (Wildman–Crippen MR) is 144 cm³/mol. The van der Waals surface area contributed by atoms with Crippen LogP contribution in [0.1, 0.15) is 104 Å². The molecule has 1 fully saturated rings. The van der Waals surface area contributed by atoms with Crippen molar-refractivity contribution < 1.29 is 23.8 Å². The van der Waals surface area contributed by atoms with Crippen LogP contribution in [0.25, 0.3) is 0 Å². The molecule has 0 aliphatic carbocycles. The molecule has 0 radical (unpaired) electrons. The molecule has 38 heavy (non-hydrogen) atoms. The number of ether oxygens (including phenoxy) is 3. The Balaban J connectivity index is 1.97. The van der Waals surface area contributed by atoms with E-state index in [-0.39, 0.29) is 0 Å². The van der Waals surface area contributed by atoms with Crippen LogP contribution in [0.5, 0.6) is 0 Å². The molecule has 4 atom stereocenters. The van der Waals surface area contributed by atoms with Gasteiger partial charge in [0, 0.05) is 25.4 Å². The third-order valence-electron chi connectivity index (χ3n) is 6.63. The van der Waals surface area contributed by atoms with Gasteiger partial charge in [-0.25, -0.2) is 14.4 Å². The Morgan fingerprint density at radius 2 is 1.34 bits per heavy atom. The monoisotopic (exact) mass is 538 g/mol. The van der Waals surface area contributed by atoms with Crippen LogP contribution in [0.2, 0.25) is 0 Å². The number of rotatable bonds is 17. The van der Waals surface area contributed by atoms with Crippen molar-refractivity contribution in [2.75, 3.05) is 13.1 Å². The number of carbonyl (C=O) groups excluding carboxylic acids is 2. The molecule has 2 rings (SSSR count). The van der Waals surface area contributed by atoms with Crippen LogP contribution in [0.15, 0.2) is 21.9 Å². The van der Waals surface area contributed by atoms with Crippen molar-refractivity contribution in [3.8, 4) is 0 Å². The summed E-state index contributed by atoms with van der Waals surface area (Å²) in [6, 6.07) is 1.17. The number of amides is 2. The summed E-state index contributed by atoms with van der Waals surface area (Å²) >= 11 is 0. The molecule has 11 nitrogen and oxygen atoms in total. The second-order valence-corrected chi connectivity index (χ2v) is 9.88. The third kappa shape index (κ3) is 10.9. The molecular weight excluding hydrogens is 492 g/mol. The lowest BCUT2D eigenvalue weighted by molar-refractivity contribution is -0.0411. The van der Waals surface area contributed by atoms with E-state index in [4.69, 9.17) is 14.2 Å². The smallest absolute Gasteiger partial charge is 0.407 e. The van der Waals surface area contributed by atoms with Crippen molar-refractivity contribution in [2.24, 2.45) is 0 Å². The fourth-order valence-electron chi connectivity index (χ4n) is 4.47. The van der Waals surface area contributed by atoms with Crippen molar-refractivity contribution >= 4 is 12.2 Å². The first-order chi connectivity index (χ1) is 18.4. The Hall–Kier alpha value is -2.82. The first kappa shape index (κ1) is 31.4. The average molecular weight is 539 g/mol. The highest BCUT2D eigenvalue weighted by atomic mass is 16.7. The SMILES string of the molecule is CCCCCCCCNC(=O)O[C@@H]1[C@H](OC(=O)NCCCCCCCC)[C@@H](C)O[C@H]1n1ccc(=O)[nH]c1=O. The number of carbonyl (C=O) groups is 2. The van der Waals surface area contributed by atoms with Gasteiger partial charge in [-0.15, -0.1) is 0 Å². The number of hydrogen-bond acceptors (Lipinski definition) is 7. The molecule has 2 heterocycles. The van der Waals surface area contributed by atoms with Crippen molar-refractivity contribution in [1.29, 1.82) is 0 Å². The Bertz CT molecular complexity index is 948. The maximum atomic E-state index is 12.6. The van der Waals surface area contributed by atoms with Gasteiger partial charge in [-0.3, -0.25) is 14.3 Å². The van der Waals surface area contributed by atoms with Crippen molar-refractivity contribution in [2.45, 2.75) is 122 Å². The summed E-state index contributed by atoms with van der Waals surface area (Å²) in [4.78, 5) is 51.3. The molecule has 0 unspecified atom stereocenters. The number of nitrogens with one attached hydrogen (secondary N) is 3. The Kier molecular flexibility index (Phi) is 14.6. The van der Waals surface area contributed by atoms with Crippen molar-refractivity contribution in [3.05, 3.63) is 33.1 Å². The summed E-state index contributed by atoms with van der Waals surface area (Å²) in [6.45, 7) is 6.92. The number of nitrogens with zero attached hydrogens (tertiary/aromatic N) is 1. The van der Waals surface area contributed by atoms with E-state index in [1.165, 1.54) is 50.8 Å². The zero-order valence-corrected chi connectivity index (χ0v) is 23.2. The zero-order valence-electron chi connectivity index (χ0n) is 23.2. The van der Waals surface area contributed by atoms with Gasteiger partial charge in [0.2, 0.25) is 0 Å². The minimum atomic E-state index is -1.10. The Labute approximate surface area is 225 Å². The molecular formula is C27H46N4O7. The van der Waals surface area contributed by atoms with E-state index in [2.05, 4.69) is 29.5 Å². The second-order valence-electron chi connectivity index (χ2n) is 9.88. The van der Waals surface area contributed by atoms with Gasteiger partial charge in [0.1, 0.15) is 0 Å². The first-order valence-corrected chi connectivity index (χ1v) is 14.2. The normalized spacial score (nSPS) is 20.7. The van der Waals surface area contributed by atoms with E-state index < -0.39 is 48.0 Å². The Morgan fingerprint density at radius 1 is 0.842 bits per heavy atom. The van der Waals surface area contributed by atoms with Crippen molar-refractivity contribution in [1.82, 2.24) is 20.2 Å². The van der Waals surface area contributed by atoms with E-state index in [0.717, 1.165) is 43.1 Å². The fourth-order valence-corrected chi connectivity index (χ4v) is 4.47. The fraction of sp³-hybridized carbons (Fsp3) is 0.778. The van der Waals surface area contributed by atoms with Gasteiger partial charge in [0.15, 0.2) is 18.4 Å². The van der Waals surface area contributed by atoms with Crippen LogP contribution in [-0.2, 0) is 14.2 Å². The zero-order chi connectivity index (χ0) is 27.8. The largest absolute Gasteiger partial charge is 0.439 e. The van der Waals surface area contributed by atoms with E-state index in [9.17, 15) is 19.2 Å². The molecule has 0 aromatic carbocycles. The summed E-state index contributed by atoms with van der Waals surface area (Å²) < 4.78 is 18.3. The molecule has 2 amide bonds. The lowest BCUT2D eigenvalue weighted by Crippen LogP contribution is -2.44. The standard InChI is InChI=1S/C27H46N4O7/c1-4-6-8-10-12-14-17-28-26(34)37-22-20(3)36-24(31-19-16-21(32)30-25(31)33)23(22)38-27(35)29-18-15-13-11-9-7-5-2/h16,19-20,22-24H,4-15,17-18H2,1-3H3,(H,28,34)(H,29,35)(H,30,32,33)/t20-,22-,23-,24-/m1/s1. The molecule has 0 saturated carbocycles. The van der Waals surface area contributed by atoms with E-state index in [1.54, 1.807) is 6.92 Å². The predicted octanol–water partition coefficient (Wildman–Crippen LogP) is 4.36. The summed E-state index contributed by atoms with van der Waals surface area (Å²) in [7, 11) is 0. The minimum absolute atomic E-state index is 0.446. The van der Waals surface area contributed by atoms with Crippen LogP contribution < -0.4 is 21.9 Å². The molecule has 1 aromatic rings. The topological polar surface area (TPSA) is 141 Å². The molecule has 1 aromatic heterocycles. The van der Waals surface area contributed by atoms with E-state index in [0.29, 0.717) is 13.1 Å². The number of aromatic amines is 1. The van der Waals surface area contributed by atoms with Gasteiger partial charge in [-0.05, 0) is 19.8 Å². The summed E-state index contributed by atoms with van der Waals surface area (Å²) in [5, 5.41) is 5.47. The molecule has 1 aliphatic heterocycles. The highest BCUT2D eigenvalue weighted by molar-refractivity contribution is 5.68. The maximum absolute atomic E-state index is 12.6. The maximum Gasteiger partial charge on any atom is 0.407 e. The van der Waals surface area contributed by atoms with Gasteiger partial charge in [0.05, 0.1) is 6.10 Å². The highest BCUT2D eigenvalue weighted by Crippen LogP contribution is 2.33. The number of alkyl carbamates (subject to hydrolysis) is 2. The molecule has 0 bridgehead atoms. The van der Waals surface area contributed by atoms with E-state index in [1.807, 2.05) is 0 Å². The van der Waals surface area contributed by atoms with Crippen LogP contribution in [0.3, 0.4) is 0 Å². The quantitative estimate of drug-likeness (QED) is 0.250. The molecule has 11 heteroatoms. The molecule has 1 saturated heterocycles. The molecule has 1 aliphatic rings. The first-order valence-electron chi connectivity index (χ1n) is 14.2. The van der Waals surface area contributed by atoms with Gasteiger partial charge in [0.25, 0.3) is 5.56 Å². The molecule has 0 spiro atoms. The number of H-pyrrole nitrogens is 1. The van der Waals surface area contributed by atoms with Gasteiger partial charge >= 0.3 is 17.9 Å². The highest BCUT2D eigenvalue weighted by Gasteiger charge is 2.49. The third-order valence-corrected chi connectivity index (χ3v) is 6.63. The van der Waals surface area contributed by atoms with Crippen LogP contribution in [0, 0.1) is 0 Å². The van der Waals surface area contributed by atoms with Crippen LogP contribution >= 0.6 is 0 Å². The van der Waals surface area contributed by atoms with Gasteiger partial charge in [-0.1, -0.05) is 78.1 Å². The summed E-state index contributed by atoms with van der Waals surface area (Å²) in [5.41, 5.74) is -1.28. The lowest BCUT2D eigenvalue weighted by Gasteiger charge is -2.24.